The first-order valence-corrected chi connectivity index (χ1v) is 13.0. The zero-order valence-corrected chi connectivity index (χ0v) is 21.8. The van der Waals surface area contributed by atoms with E-state index in [1.54, 1.807) is 14.2 Å². The van der Waals surface area contributed by atoms with Gasteiger partial charge in [-0.15, -0.1) is 10.2 Å². The number of carbonyl (C=O) groups excluding carboxylic acids is 1. The number of rotatable bonds is 9. The van der Waals surface area contributed by atoms with Crippen LogP contribution in [0.1, 0.15) is 0 Å². The van der Waals surface area contributed by atoms with Crippen molar-refractivity contribution in [2.24, 2.45) is 0 Å². The smallest absolute Gasteiger partial charge is 0.234 e. The lowest BCUT2D eigenvalue weighted by Gasteiger charge is -2.13. The Labute approximate surface area is 225 Å². The Balaban J connectivity index is 1.40. The fraction of sp³-hybridized carbons (Fsp3) is 0.100. The molecule has 0 atom stereocenters. The number of nitrogens with one attached hydrogen (secondary N) is 1. The van der Waals surface area contributed by atoms with Gasteiger partial charge in [0.25, 0.3) is 0 Å². The van der Waals surface area contributed by atoms with Gasteiger partial charge < -0.3 is 14.8 Å². The van der Waals surface area contributed by atoms with Crippen molar-refractivity contribution in [1.82, 2.24) is 14.8 Å². The number of aromatic nitrogens is 3. The highest BCUT2D eigenvalue weighted by molar-refractivity contribution is 7.99. The fourth-order valence-corrected chi connectivity index (χ4v) is 4.78. The summed E-state index contributed by atoms with van der Waals surface area (Å²) < 4.78 is 12.6. The Morgan fingerprint density at radius 2 is 1.39 bits per heavy atom. The van der Waals surface area contributed by atoms with Crippen molar-refractivity contribution < 1.29 is 14.3 Å². The van der Waals surface area contributed by atoms with Crippen LogP contribution in [0.15, 0.2) is 108 Å². The number of amides is 1. The minimum Gasteiger partial charge on any atom is -0.497 e. The molecule has 0 unspecified atom stereocenters. The lowest BCUT2D eigenvalue weighted by atomic mass is 10.0. The second-order valence-electron chi connectivity index (χ2n) is 8.32. The third-order valence-corrected chi connectivity index (χ3v) is 6.86. The molecule has 4 aromatic carbocycles. The maximum Gasteiger partial charge on any atom is 0.234 e. The lowest BCUT2D eigenvalue weighted by molar-refractivity contribution is -0.113. The van der Waals surface area contributed by atoms with Crippen LogP contribution in [-0.2, 0) is 4.79 Å². The van der Waals surface area contributed by atoms with E-state index in [4.69, 9.17) is 9.47 Å². The van der Waals surface area contributed by atoms with Crippen molar-refractivity contribution in [3.8, 4) is 39.7 Å². The normalized spacial score (nSPS) is 10.7. The average molecular weight is 523 g/mol. The molecule has 8 heteroatoms. The van der Waals surface area contributed by atoms with Gasteiger partial charge in [-0.3, -0.25) is 9.36 Å². The van der Waals surface area contributed by atoms with Gasteiger partial charge in [-0.25, -0.2) is 0 Å². The molecule has 1 heterocycles. The lowest BCUT2D eigenvalue weighted by Crippen LogP contribution is -2.15. The van der Waals surface area contributed by atoms with Crippen LogP contribution >= 0.6 is 11.8 Å². The highest BCUT2D eigenvalue weighted by Crippen LogP contribution is 2.31. The Bertz CT molecular complexity index is 1520. The summed E-state index contributed by atoms with van der Waals surface area (Å²) >= 11 is 1.33. The number of hydrogen-bond donors (Lipinski definition) is 1. The van der Waals surface area contributed by atoms with Crippen LogP contribution in [0.5, 0.6) is 11.5 Å². The molecule has 0 radical (unpaired) electrons. The molecule has 1 amide bonds. The molecule has 5 aromatic rings. The fourth-order valence-electron chi connectivity index (χ4n) is 4.03. The van der Waals surface area contributed by atoms with Crippen LogP contribution in [0.3, 0.4) is 0 Å². The Morgan fingerprint density at radius 1 is 0.763 bits per heavy atom. The highest BCUT2D eigenvalue weighted by Gasteiger charge is 2.18. The maximum absolute atomic E-state index is 13.0. The molecule has 7 nitrogen and oxygen atoms in total. The maximum atomic E-state index is 13.0. The summed E-state index contributed by atoms with van der Waals surface area (Å²) in [6.07, 6.45) is 0. The van der Waals surface area contributed by atoms with Gasteiger partial charge in [0.05, 0.1) is 20.0 Å². The van der Waals surface area contributed by atoms with E-state index in [0.29, 0.717) is 11.0 Å². The number of ether oxygens (including phenoxy) is 2. The number of thioether (sulfide) groups is 1. The molecule has 0 aliphatic heterocycles. The standard InChI is InChI=1S/C30H26N4O3S/c1-36-24-16-12-22(13-17-24)29-32-33-30(34(29)23-14-18-25(37-2)19-15-23)38-20-28(35)31-27-11-7-6-10-26(27)21-8-4-3-5-9-21/h3-19H,20H2,1-2H3,(H,31,35). The molecular formula is C30H26N4O3S. The first-order chi connectivity index (χ1) is 18.7. The van der Waals surface area contributed by atoms with Crippen LogP contribution in [0.4, 0.5) is 5.69 Å². The molecule has 0 spiro atoms. The predicted octanol–water partition coefficient (Wildman–Crippen LogP) is 6.35. The molecule has 5 rings (SSSR count). The zero-order chi connectivity index (χ0) is 26.3. The van der Waals surface area contributed by atoms with Crippen LogP contribution in [0.2, 0.25) is 0 Å². The van der Waals surface area contributed by atoms with Crippen molar-refractivity contribution in [3.63, 3.8) is 0 Å². The van der Waals surface area contributed by atoms with E-state index in [0.717, 1.165) is 39.6 Å². The third-order valence-electron chi connectivity index (χ3n) is 5.93. The SMILES string of the molecule is COc1ccc(-c2nnc(SCC(=O)Nc3ccccc3-c3ccccc3)n2-c2ccc(OC)cc2)cc1. The number of benzene rings is 4. The molecule has 190 valence electrons. The summed E-state index contributed by atoms with van der Waals surface area (Å²) in [4.78, 5) is 13.0. The molecule has 1 aromatic heterocycles. The summed E-state index contributed by atoms with van der Waals surface area (Å²) in [5, 5.41) is 12.6. The van der Waals surface area contributed by atoms with Crippen molar-refractivity contribution >= 4 is 23.4 Å². The van der Waals surface area contributed by atoms with Crippen LogP contribution in [-0.4, -0.2) is 40.6 Å². The molecule has 0 saturated carbocycles. The van der Waals surface area contributed by atoms with Crippen molar-refractivity contribution in [3.05, 3.63) is 103 Å². The largest absolute Gasteiger partial charge is 0.497 e. The second kappa shape index (κ2) is 11.7. The Morgan fingerprint density at radius 3 is 2.08 bits per heavy atom. The van der Waals surface area contributed by atoms with E-state index in [1.807, 2.05) is 108 Å². The van der Waals surface area contributed by atoms with Crippen molar-refractivity contribution in [2.45, 2.75) is 5.16 Å². The first-order valence-electron chi connectivity index (χ1n) is 12.0. The molecule has 0 bridgehead atoms. The number of hydrogen-bond acceptors (Lipinski definition) is 6. The minimum atomic E-state index is -0.131. The molecule has 0 aliphatic carbocycles. The Hall–Kier alpha value is -4.56. The molecular weight excluding hydrogens is 496 g/mol. The van der Waals surface area contributed by atoms with Crippen LogP contribution < -0.4 is 14.8 Å². The first kappa shape index (κ1) is 25.1. The number of carbonyl (C=O) groups is 1. The van der Waals surface area contributed by atoms with Gasteiger partial charge in [0, 0.05) is 22.5 Å². The zero-order valence-electron chi connectivity index (χ0n) is 21.0. The van der Waals surface area contributed by atoms with Gasteiger partial charge >= 0.3 is 0 Å². The summed E-state index contributed by atoms with van der Waals surface area (Å²) in [5.41, 5.74) is 4.51. The van der Waals surface area contributed by atoms with Crippen LogP contribution in [0, 0.1) is 0 Å². The van der Waals surface area contributed by atoms with Gasteiger partial charge in [0.2, 0.25) is 5.91 Å². The van der Waals surface area contributed by atoms with Crippen molar-refractivity contribution in [2.75, 3.05) is 25.3 Å². The topological polar surface area (TPSA) is 78.3 Å². The van der Waals surface area contributed by atoms with Gasteiger partial charge in [0.15, 0.2) is 11.0 Å². The molecule has 1 N–H and O–H groups in total. The average Bonchev–Trinajstić information content (AvgIpc) is 3.41. The number of nitrogens with zero attached hydrogens (tertiary/aromatic N) is 3. The van der Waals surface area contributed by atoms with E-state index in [-0.39, 0.29) is 11.7 Å². The summed E-state index contributed by atoms with van der Waals surface area (Å²) in [7, 11) is 3.26. The number of para-hydroxylation sites is 1. The third kappa shape index (κ3) is 5.55. The molecule has 0 saturated heterocycles. The van der Waals surface area contributed by atoms with E-state index in [1.165, 1.54) is 11.8 Å². The summed E-state index contributed by atoms with van der Waals surface area (Å²) in [5.74, 6) is 2.20. The highest BCUT2D eigenvalue weighted by atomic mass is 32.2. The van der Waals surface area contributed by atoms with Crippen LogP contribution in [0.25, 0.3) is 28.2 Å². The molecule has 0 fully saturated rings. The van der Waals surface area contributed by atoms with E-state index in [9.17, 15) is 4.79 Å². The summed E-state index contributed by atoms with van der Waals surface area (Å²) in [6.45, 7) is 0. The monoisotopic (exact) mass is 522 g/mol. The number of anilines is 1. The van der Waals surface area contributed by atoms with Gasteiger partial charge in [-0.05, 0) is 60.2 Å². The predicted molar refractivity (Wildman–Crippen MR) is 151 cm³/mol. The quantitative estimate of drug-likeness (QED) is 0.227. The van der Waals surface area contributed by atoms with Gasteiger partial charge in [-0.2, -0.15) is 0 Å². The van der Waals surface area contributed by atoms with Gasteiger partial charge in [-0.1, -0.05) is 60.3 Å². The molecule has 0 aliphatic rings. The van der Waals surface area contributed by atoms with Gasteiger partial charge in [0.1, 0.15) is 11.5 Å². The number of methoxy groups -OCH3 is 2. The van der Waals surface area contributed by atoms with E-state index in [2.05, 4.69) is 15.5 Å². The molecule has 38 heavy (non-hydrogen) atoms. The second-order valence-corrected chi connectivity index (χ2v) is 9.26. The Kier molecular flexibility index (Phi) is 7.70. The van der Waals surface area contributed by atoms with E-state index < -0.39 is 0 Å². The summed E-state index contributed by atoms with van der Waals surface area (Å²) in [6, 6.07) is 33.1. The minimum absolute atomic E-state index is 0.131. The van der Waals surface area contributed by atoms with Crippen molar-refractivity contribution in [1.29, 1.82) is 0 Å². The van der Waals surface area contributed by atoms with E-state index >= 15 is 0 Å².